The Morgan fingerprint density at radius 1 is 1.57 bits per heavy atom. The summed E-state index contributed by atoms with van der Waals surface area (Å²) in [7, 11) is 0. The van der Waals surface area contributed by atoms with E-state index in [1.807, 2.05) is 0 Å². The van der Waals surface area contributed by atoms with Crippen LogP contribution in [0.2, 0.25) is 0 Å². The van der Waals surface area contributed by atoms with Gasteiger partial charge in [-0.05, 0) is 12.8 Å². The third kappa shape index (κ3) is 1.68. The molecule has 1 saturated heterocycles. The molecule has 0 aromatic carbocycles. The van der Waals surface area contributed by atoms with E-state index in [-0.39, 0.29) is 5.92 Å². The average Bonchev–Trinajstić information content (AvgIpc) is 2.71. The minimum absolute atomic E-state index is 0.216. The minimum atomic E-state index is -0.853. The Kier molecular flexibility index (Phi) is 2.34. The monoisotopic (exact) mass is 197 g/mol. The summed E-state index contributed by atoms with van der Waals surface area (Å²) in [6.45, 7) is 1.09. The Balaban J connectivity index is 1.93. The highest BCUT2D eigenvalue weighted by molar-refractivity contribution is 5.65. The summed E-state index contributed by atoms with van der Waals surface area (Å²) < 4.78 is 5.08. The van der Waals surface area contributed by atoms with E-state index in [0.29, 0.717) is 19.0 Å². The SMILES string of the molecule is O=C(O)N1CCC(c2nnco2)CC1. The third-order valence-electron chi connectivity index (χ3n) is 2.49. The second-order valence-corrected chi connectivity index (χ2v) is 3.32. The van der Waals surface area contributed by atoms with E-state index in [2.05, 4.69) is 10.2 Å². The number of nitrogens with zero attached hydrogens (tertiary/aromatic N) is 3. The van der Waals surface area contributed by atoms with Crippen molar-refractivity contribution in [2.45, 2.75) is 18.8 Å². The maximum atomic E-state index is 10.6. The van der Waals surface area contributed by atoms with Gasteiger partial charge in [0.1, 0.15) is 0 Å². The second kappa shape index (κ2) is 3.65. The van der Waals surface area contributed by atoms with Crippen LogP contribution in [-0.2, 0) is 0 Å². The van der Waals surface area contributed by atoms with Crippen LogP contribution >= 0.6 is 0 Å². The minimum Gasteiger partial charge on any atom is -0.465 e. The van der Waals surface area contributed by atoms with Gasteiger partial charge in [0.05, 0.1) is 0 Å². The maximum absolute atomic E-state index is 10.6. The zero-order valence-corrected chi connectivity index (χ0v) is 7.59. The van der Waals surface area contributed by atoms with Crippen molar-refractivity contribution < 1.29 is 14.3 Å². The highest BCUT2D eigenvalue weighted by Crippen LogP contribution is 2.25. The Hall–Kier alpha value is -1.59. The average molecular weight is 197 g/mol. The molecule has 0 radical (unpaired) electrons. The van der Waals surface area contributed by atoms with Gasteiger partial charge in [-0.3, -0.25) is 0 Å². The lowest BCUT2D eigenvalue weighted by molar-refractivity contribution is 0.129. The highest BCUT2D eigenvalue weighted by Gasteiger charge is 2.25. The van der Waals surface area contributed by atoms with Crippen LogP contribution in [0.1, 0.15) is 24.7 Å². The summed E-state index contributed by atoms with van der Waals surface area (Å²) >= 11 is 0. The standard InChI is InChI=1S/C8H11N3O3/c12-8(13)11-3-1-6(2-4-11)7-10-9-5-14-7/h5-6H,1-4H2,(H,12,13). The molecule has 0 bridgehead atoms. The van der Waals surface area contributed by atoms with Crippen LogP contribution in [0.3, 0.4) is 0 Å². The number of hydrogen-bond donors (Lipinski definition) is 1. The Labute approximate surface area is 80.5 Å². The zero-order valence-electron chi connectivity index (χ0n) is 7.59. The third-order valence-corrected chi connectivity index (χ3v) is 2.49. The van der Waals surface area contributed by atoms with Crippen LogP contribution in [0.4, 0.5) is 4.79 Å². The van der Waals surface area contributed by atoms with Crippen molar-refractivity contribution in [3.05, 3.63) is 12.3 Å². The summed E-state index contributed by atoms with van der Waals surface area (Å²) in [4.78, 5) is 12.0. The van der Waals surface area contributed by atoms with Crippen molar-refractivity contribution in [2.75, 3.05) is 13.1 Å². The fourth-order valence-corrected chi connectivity index (χ4v) is 1.68. The van der Waals surface area contributed by atoms with E-state index < -0.39 is 6.09 Å². The van der Waals surface area contributed by atoms with Crippen LogP contribution in [0.15, 0.2) is 10.8 Å². The number of amides is 1. The number of hydrogen-bond acceptors (Lipinski definition) is 4. The first-order chi connectivity index (χ1) is 6.77. The first-order valence-corrected chi connectivity index (χ1v) is 4.51. The van der Waals surface area contributed by atoms with Crippen molar-refractivity contribution in [1.82, 2.24) is 15.1 Å². The molecule has 1 N–H and O–H groups in total. The normalized spacial score (nSPS) is 18.4. The van der Waals surface area contributed by atoms with E-state index in [0.717, 1.165) is 12.8 Å². The van der Waals surface area contributed by atoms with Gasteiger partial charge in [0.15, 0.2) is 0 Å². The molecule has 0 aliphatic carbocycles. The van der Waals surface area contributed by atoms with E-state index in [9.17, 15) is 4.79 Å². The van der Waals surface area contributed by atoms with Crippen LogP contribution in [0.5, 0.6) is 0 Å². The summed E-state index contributed by atoms with van der Waals surface area (Å²) in [6, 6.07) is 0. The fourth-order valence-electron chi connectivity index (χ4n) is 1.68. The molecule has 0 saturated carbocycles. The lowest BCUT2D eigenvalue weighted by Gasteiger charge is -2.27. The Morgan fingerprint density at radius 2 is 2.29 bits per heavy atom. The van der Waals surface area contributed by atoms with E-state index >= 15 is 0 Å². The Morgan fingerprint density at radius 3 is 2.79 bits per heavy atom. The zero-order chi connectivity index (χ0) is 9.97. The van der Waals surface area contributed by atoms with Gasteiger partial charge in [-0.1, -0.05) is 0 Å². The molecular weight excluding hydrogens is 186 g/mol. The van der Waals surface area contributed by atoms with Crippen LogP contribution < -0.4 is 0 Å². The molecule has 2 rings (SSSR count). The predicted molar refractivity (Wildman–Crippen MR) is 45.9 cm³/mol. The molecule has 0 unspecified atom stereocenters. The van der Waals surface area contributed by atoms with Crippen molar-refractivity contribution in [3.8, 4) is 0 Å². The lowest BCUT2D eigenvalue weighted by Crippen LogP contribution is -2.36. The Bertz CT molecular complexity index is 304. The van der Waals surface area contributed by atoms with Gasteiger partial charge in [0, 0.05) is 19.0 Å². The highest BCUT2D eigenvalue weighted by atomic mass is 16.4. The van der Waals surface area contributed by atoms with Crippen LogP contribution in [0, 0.1) is 0 Å². The number of rotatable bonds is 1. The molecule has 1 aromatic rings. The van der Waals surface area contributed by atoms with Gasteiger partial charge in [0.25, 0.3) is 0 Å². The summed E-state index contributed by atoms with van der Waals surface area (Å²) in [5, 5.41) is 16.2. The molecular formula is C8H11N3O3. The second-order valence-electron chi connectivity index (χ2n) is 3.32. The van der Waals surface area contributed by atoms with Gasteiger partial charge in [-0.25, -0.2) is 4.79 Å². The summed E-state index contributed by atoms with van der Waals surface area (Å²) in [5.41, 5.74) is 0. The van der Waals surface area contributed by atoms with Gasteiger partial charge in [0.2, 0.25) is 12.3 Å². The molecule has 1 fully saturated rings. The summed E-state index contributed by atoms with van der Waals surface area (Å²) in [6.07, 6.45) is 1.97. The molecule has 1 amide bonds. The molecule has 14 heavy (non-hydrogen) atoms. The molecule has 6 nitrogen and oxygen atoms in total. The first kappa shape index (κ1) is 8.98. The number of carbonyl (C=O) groups is 1. The van der Waals surface area contributed by atoms with Crippen LogP contribution in [0.25, 0.3) is 0 Å². The van der Waals surface area contributed by atoms with Crippen LogP contribution in [-0.4, -0.2) is 39.4 Å². The van der Waals surface area contributed by atoms with Crippen molar-refractivity contribution >= 4 is 6.09 Å². The largest absolute Gasteiger partial charge is 0.465 e. The number of piperidine rings is 1. The number of aromatic nitrogens is 2. The topological polar surface area (TPSA) is 79.5 Å². The van der Waals surface area contributed by atoms with E-state index in [1.54, 1.807) is 0 Å². The van der Waals surface area contributed by atoms with Gasteiger partial charge >= 0.3 is 6.09 Å². The predicted octanol–water partition coefficient (Wildman–Crippen LogP) is 0.927. The molecule has 1 aromatic heterocycles. The molecule has 0 spiro atoms. The molecule has 1 aliphatic rings. The number of carboxylic acid groups (broad SMARTS) is 1. The first-order valence-electron chi connectivity index (χ1n) is 4.51. The van der Waals surface area contributed by atoms with Crippen molar-refractivity contribution in [1.29, 1.82) is 0 Å². The molecule has 2 heterocycles. The van der Waals surface area contributed by atoms with Gasteiger partial charge in [-0.15, -0.1) is 10.2 Å². The van der Waals surface area contributed by atoms with Gasteiger partial charge < -0.3 is 14.4 Å². The quantitative estimate of drug-likeness (QED) is 0.724. The molecule has 76 valence electrons. The molecule has 1 aliphatic heterocycles. The van der Waals surface area contributed by atoms with E-state index in [1.165, 1.54) is 11.3 Å². The van der Waals surface area contributed by atoms with Crippen molar-refractivity contribution in [3.63, 3.8) is 0 Å². The maximum Gasteiger partial charge on any atom is 0.407 e. The smallest absolute Gasteiger partial charge is 0.407 e. The molecule has 6 heteroatoms. The lowest BCUT2D eigenvalue weighted by atomic mass is 9.97. The van der Waals surface area contributed by atoms with E-state index in [4.69, 9.17) is 9.52 Å². The van der Waals surface area contributed by atoms with Gasteiger partial charge in [-0.2, -0.15) is 0 Å². The summed E-state index contributed by atoms with van der Waals surface area (Å²) in [5.74, 6) is 0.836. The fraction of sp³-hybridized carbons (Fsp3) is 0.625. The molecule has 0 atom stereocenters. The van der Waals surface area contributed by atoms with Crippen molar-refractivity contribution in [2.24, 2.45) is 0 Å². The number of likely N-dealkylation sites (tertiary alicyclic amines) is 1.